The van der Waals surface area contributed by atoms with Crippen molar-refractivity contribution in [2.45, 2.75) is 13.5 Å². The van der Waals surface area contributed by atoms with Crippen molar-refractivity contribution in [3.63, 3.8) is 0 Å². The molecule has 21 heavy (non-hydrogen) atoms. The highest BCUT2D eigenvalue weighted by molar-refractivity contribution is 7.15. The zero-order chi connectivity index (χ0) is 15.2. The Kier molecular flexibility index (Phi) is 5.44. The zero-order valence-electron chi connectivity index (χ0n) is 11.8. The van der Waals surface area contributed by atoms with Gasteiger partial charge in [0.1, 0.15) is 5.01 Å². The quantitative estimate of drug-likeness (QED) is 0.821. The van der Waals surface area contributed by atoms with Gasteiger partial charge in [-0.2, -0.15) is 0 Å². The van der Waals surface area contributed by atoms with Gasteiger partial charge in [0.2, 0.25) is 0 Å². The van der Waals surface area contributed by atoms with E-state index in [4.69, 9.17) is 5.11 Å². The summed E-state index contributed by atoms with van der Waals surface area (Å²) < 4.78 is 0. The van der Waals surface area contributed by atoms with Gasteiger partial charge in [-0.3, -0.25) is 4.90 Å². The van der Waals surface area contributed by atoms with Crippen molar-refractivity contribution in [1.29, 1.82) is 0 Å². The average molecular weight is 306 g/mol. The van der Waals surface area contributed by atoms with Gasteiger partial charge in [0.25, 0.3) is 0 Å². The smallest absolute Gasteiger partial charge is 0.355 e. The van der Waals surface area contributed by atoms with E-state index in [0.29, 0.717) is 18.1 Å². The maximum absolute atomic E-state index is 11.4. The first-order chi connectivity index (χ1) is 10.2. The summed E-state index contributed by atoms with van der Waals surface area (Å²) in [7, 11) is 0. The topological polar surface area (TPSA) is 73.7 Å². The molecule has 6 heteroatoms. The van der Waals surface area contributed by atoms with Crippen LogP contribution in [0.25, 0.3) is 10.6 Å². The molecule has 0 saturated heterocycles. The Balaban J connectivity index is 2.32. The van der Waals surface area contributed by atoms with Crippen LogP contribution in [0.4, 0.5) is 0 Å². The van der Waals surface area contributed by atoms with E-state index >= 15 is 0 Å². The molecule has 1 aromatic carbocycles. The zero-order valence-corrected chi connectivity index (χ0v) is 12.6. The molecule has 0 aliphatic heterocycles. The molecule has 2 N–H and O–H groups in total. The average Bonchev–Trinajstić information content (AvgIpc) is 2.92. The minimum absolute atomic E-state index is 0.0561. The Morgan fingerprint density at radius 1 is 1.33 bits per heavy atom. The van der Waals surface area contributed by atoms with E-state index < -0.39 is 5.97 Å². The Bertz CT molecular complexity index is 598. The van der Waals surface area contributed by atoms with Gasteiger partial charge in [0, 0.05) is 18.7 Å². The molecule has 5 nitrogen and oxygen atoms in total. The molecule has 1 heterocycles. The molecule has 112 valence electrons. The Hall–Kier alpha value is -1.76. The lowest BCUT2D eigenvalue weighted by Crippen LogP contribution is -2.26. The summed E-state index contributed by atoms with van der Waals surface area (Å²) in [6, 6.07) is 9.55. The number of aromatic nitrogens is 1. The third-order valence-corrected chi connectivity index (χ3v) is 4.24. The molecule has 0 aliphatic rings. The second kappa shape index (κ2) is 7.31. The molecular weight excluding hydrogens is 288 g/mol. The monoisotopic (exact) mass is 306 g/mol. The fraction of sp³-hybridized carbons (Fsp3) is 0.333. The molecule has 1 aromatic heterocycles. The summed E-state index contributed by atoms with van der Waals surface area (Å²) in [4.78, 5) is 18.3. The normalized spacial score (nSPS) is 11.0. The highest BCUT2D eigenvalue weighted by Crippen LogP contribution is 2.29. The van der Waals surface area contributed by atoms with Crippen molar-refractivity contribution in [2.75, 3.05) is 19.7 Å². The predicted molar refractivity (Wildman–Crippen MR) is 82.5 cm³/mol. The summed E-state index contributed by atoms with van der Waals surface area (Å²) in [5.41, 5.74) is 1.02. The number of hydrogen-bond donors (Lipinski definition) is 2. The van der Waals surface area contributed by atoms with Crippen LogP contribution >= 0.6 is 11.3 Å². The van der Waals surface area contributed by atoms with Crippen LogP contribution in [-0.2, 0) is 6.54 Å². The number of nitrogens with zero attached hydrogens (tertiary/aromatic N) is 2. The highest BCUT2D eigenvalue weighted by atomic mass is 32.1. The number of rotatable bonds is 7. The molecular formula is C15H18N2O3S. The Morgan fingerprint density at radius 2 is 2.05 bits per heavy atom. The van der Waals surface area contributed by atoms with Crippen molar-refractivity contribution < 1.29 is 15.0 Å². The summed E-state index contributed by atoms with van der Waals surface area (Å²) >= 11 is 1.40. The number of aliphatic hydroxyl groups is 1. The van der Waals surface area contributed by atoms with Gasteiger partial charge in [-0.1, -0.05) is 37.3 Å². The van der Waals surface area contributed by atoms with Gasteiger partial charge in [-0.05, 0) is 6.54 Å². The highest BCUT2D eigenvalue weighted by Gasteiger charge is 2.19. The summed E-state index contributed by atoms with van der Waals surface area (Å²) in [5.74, 6) is -1.01. The van der Waals surface area contributed by atoms with Crippen LogP contribution in [0.15, 0.2) is 30.3 Å². The number of thiazole rings is 1. The second-order valence-electron chi connectivity index (χ2n) is 4.55. The van der Waals surface area contributed by atoms with Crippen LogP contribution in [0, 0.1) is 0 Å². The number of aromatic carboxylic acids is 1. The second-order valence-corrected chi connectivity index (χ2v) is 5.64. The van der Waals surface area contributed by atoms with Gasteiger partial charge in [-0.25, -0.2) is 9.78 Å². The fourth-order valence-electron chi connectivity index (χ4n) is 2.02. The van der Waals surface area contributed by atoms with E-state index in [2.05, 4.69) is 4.98 Å². The van der Waals surface area contributed by atoms with Crippen LogP contribution in [0.2, 0.25) is 0 Å². The molecule has 0 atom stereocenters. The SMILES string of the molecule is CCN(CCO)Cc1sc(-c2ccccc2)nc1C(=O)O. The number of carboxylic acids is 1. The molecule has 0 unspecified atom stereocenters. The van der Waals surface area contributed by atoms with E-state index in [1.54, 1.807) is 0 Å². The maximum atomic E-state index is 11.4. The van der Waals surface area contributed by atoms with Gasteiger partial charge in [0.15, 0.2) is 5.69 Å². The number of hydrogen-bond acceptors (Lipinski definition) is 5. The fourth-order valence-corrected chi connectivity index (χ4v) is 3.12. The lowest BCUT2D eigenvalue weighted by Gasteiger charge is -2.17. The number of carbonyl (C=O) groups is 1. The lowest BCUT2D eigenvalue weighted by molar-refractivity contribution is 0.0689. The van der Waals surface area contributed by atoms with E-state index in [9.17, 15) is 9.90 Å². The van der Waals surface area contributed by atoms with Crippen molar-refractivity contribution in [3.8, 4) is 10.6 Å². The van der Waals surface area contributed by atoms with Crippen LogP contribution in [0.5, 0.6) is 0 Å². The Morgan fingerprint density at radius 3 is 2.62 bits per heavy atom. The maximum Gasteiger partial charge on any atom is 0.355 e. The number of likely N-dealkylation sites (N-methyl/N-ethyl adjacent to an activating group) is 1. The minimum Gasteiger partial charge on any atom is -0.476 e. The first-order valence-electron chi connectivity index (χ1n) is 6.77. The molecule has 2 rings (SSSR count). The molecule has 0 amide bonds. The third kappa shape index (κ3) is 3.87. The molecule has 0 aliphatic carbocycles. The molecule has 0 radical (unpaired) electrons. The lowest BCUT2D eigenvalue weighted by atomic mass is 10.2. The van der Waals surface area contributed by atoms with Gasteiger partial charge >= 0.3 is 5.97 Å². The van der Waals surface area contributed by atoms with Gasteiger partial charge in [0.05, 0.1) is 11.5 Å². The molecule has 2 aromatic rings. The molecule has 0 bridgehead atoms. The van der Waals surface area contributed by atoms with Crippen LogP contribution in [0.1, 0.15) is 22.3 Å². The standard InChI is InChI=1S/C15H18N2O3S/c1-2-17(8-9-18)10-12-13(15(19)20)16-14(21-12)11-6-4-3-5-7-11/h3-7,18H,2,8-10H2,1H3,(H,19,20). The Labute approximate surface area is 127 Å². The van der Waals surface area contributed by atoms with E-state index in [-0.39, 0.29) is 12.3 Å². The number of benzene rings is 1. The first-order valence-corrected chi connectivity index (χ1v) is 7.59. The van der Waals surface area contributed by atoms with Crippen molar-refractivity contribution in [1.82, 2.24) is 9.88 Å². The third-order valence-electron chi connectivity index (χ3n) is 3.15. The molecule has 0 fully saturated rings. The first kappa shape index (κ1) is 15.6. The van der Waals surface area contributed by atoms with E-state index in [1.807, 2.05) is 42.2 Å². The summed E-state index contributed by atoms with van der Waals surface area (Å²) in [6.07, 6.45) is 0. The minimum atomic E-state index is -1.01. The van der Waals surface area contributed by atoms with Crippen molar-refractivity contribution in [2.24, 2.45) is 0 Å². The summed E-state index contributed by atoms with van der Waals surface area (Å²) in [5, 5.41) is 19.1. The predicted octanol–water partition coefficient (Wildman–Crippen LogP) is 2.32. The van der Waals surface area contributed by atoms with E-state index in [1.165, 1.54) is 11.3 Å². The van der Waals surface area contributed by atoms with Gasteiger partial charge < -0.3 is 10.2 Å². The van der Waals surface area contributed by atoms with Crippen molar-refractivity contribution in [3.05, 3.63) is 40.9 Å². The van der Waals surface area contributed by atoms with Gasteiger partial charge in [-0.15, -0.1) is 11.3 Å². The summed E-state index contributed by atoms with van der Waals surface area (Å²) in [6.45, 7) is 3.80. The van der Waals surface area contributed by atoms with Crippen LogP contribution in [0.3, 0.4) is 0 Å². The largest absolute Gasteiger partial charge is 0.476 e. The molecule has 0 spiro atoms. The number of carboxylic acid groups (broad SMARTS) is 1. The number of aliphatic hydroxyl groups excluding tert-OH is 1. The van der Waals surface area contributed by atoms with Crippen LogP contribution < -0.4 is 0 Å². The van der Waals surface area contributed by atoms with Crippen LogP contribution in [-0.4, -0.2) is 45.8 Å². The van der Waals surface area contributed by atoms with E-state index in [0.717, 1.165) is 17.0 Å². The van der Waals surface area contributed by atoms with Crippen molar-refractivity contribution >= 4 is 17.3 Å². The molecule has 0 saturated carbocycles.